The smallest absolute Gasteiger partial charge is 0.0692 e. The van der Waals surface area contributed by atoms with Crippen LogP contribution in [0.3, 0.4) is 0 Å². The third kappa shape index (κ3) is 5.25. The minimum absolute atomic E-state index is 0.120. The maximum Gasteiger partial charge on any atom is 0.0692 e. The van der Waals surface area contributed by atoms with Gasteiger partial charge in [-0.2, -0.15) is 0 Å². The molecule has 1 N–H and O–H groups in total. The standard InChI is InChI=1S/C15H31NO2/c1-5-15(6-2)11-14(7-9-18-15)16-8-10-17-12-13(3)4/h13-14,16H,5-12H2,1-4H3. The van der Waals surface area contributed by atoms with Crippen LogP contribution in [0.25, 0.3) is 0 Å². The normalized spacial score (nSPS) is 23.5. The molecule has 18 heavy (non-hydrogen) atoms. The topological polar surface area (TPSA) is 30.5 Å². The van der Waals surface area contributed by atoms with E-state index in [4.69, 9.17) is 9.47 Å². The van der Waals surface area contributed by atoms with Crippen molar-refractivity contribution in [2.75, 3.05) is 26.4 Å². The van der Waals surface area contributed by atoms with Gasteiger partial charge in [-0.3, -0.25) is 0 Å². The molecule has 1 atom stereocenters. The summed E-state index contributed by atoms with van der Waals surface area (Å²) in [7, 11) is 0. The summed E-state index contributed by atoms with van der Waals surface area (Å²) >= 11 is 0. The van der Waals surface area contributed by atoms with E-state index in [0.717, 1.165) is 52.0 Å². The highest BCUT2D eigenvalue weighted by molar-refractivity contribution is 4.87. The molecule has 1 aliphatic heterocycles. The van der Waals surface area contributed by atoms with E-state index in [1.807, 2.05) is 0 Å². The molecule has 3 heteroatoms. The number of rotatable bonds is 8. The molecule has 0 aromatic rings. The summed E-state index contributed by atoms with van der Waals surface area (Å²) in [6.07, 6.45) is 4.51. The molecule has 1 heterocycles. The van der Waals surface area contributed by atoms with Crippen LogP contribution in [-0.2, 0) is 9.47 Å². The van der Waals surface area contributed by atoms with Crippen molar-refractivity contribution < 1.29 is 9.47 Å². The third-order valence-electron chi connectivity index (χ3n) is 3.91. The van der Waals surface area contributed by atoms with E-state index in [2.05, 4.69) is 33.0 Å². The summed E-state index contributed by atoms with van der Waals surface area (Å²) < 4.78 is 11.6. The highest BCUT2D eigenvalue weighted by atomic mass is 16.5. The molecule has 1 unspecified atom stereocenters. The van der Waals surface area contributed by atoms with Crippen molar-refractivity contribution >= 4 is 0 Å². The quantitative estimate of drug-likeness (QED) is 0.678. The Bertz CT molecular complexity index is 215. The van der Waals surface area contributed by atoms with Crippen molar-refractivity contribution in [3.8, 4) is 0 Å². The lowest BCUT2D eigenvalue weighted by Crippen LogP contribution is -2.47. The van der Waals surface area contributed by atoms with E-state index < -0.39 is 0 Å². The van der Waals surface area contributed by atoms with Crippen LogP contribution in [0.5, 0.6) is 0 Å². The minimum atomic E-state index is 0.120. The first-order valence-electron chi connectivity index (χ1n) is 7.57. The van der Waals surface area contributed by atoms with Crippen molar-refractivity contribution in [1.29, 1.82) is 0 Å². The van der Waals surface area contributed by atoms with Gasteiger partial charge in [0.2, 0.25) is 0 Å². The summed E-state index contributed by atoms with van der Waals surface area (Å²) in [5.74, 6) is 0.626. The van der Waals surface area contributed by atoms with Crippen molar-refractivity contribution in [3.05, 3.63) is 0 Å². The Kier molecular flexibility index (Phi) is 7.20. The van der Waals surface area contributed by atoms with Gasteiger partial charge in [0.1, 0.15) is 0 Å². The van der Waals surface area contributed by atoms with Crippen LogP contribution in [0.2, 0.25) is 0 Å². The first-order chi connectivity index (χ1) is 8.62. The molecule has 1 saturated heterocycles. The van der Waals surface area contributed by atoms with Gasteiger partial charge in [-0.25, -0.2) is 0 Å². The lowest BCUT2D eigenvalue weighted by molar-refractivity contribution is -0.0934. The van der Waals surface area contributed by atoms with Crippen molar-refractivity contribution in [2.24, 2.45) is 5.92 Å². The largest absolute Gasteiger partial charge is 0.380 e. The van der Waals surface area contributed by atoms with Crippen LogP contribution in [-0.4, -0.2) is 38.0 Å². The van der Waals surface area contributed by atoms with Gasteiger partial charge in [-0.05, 0) is 31.6 Å². The van der Waals surface area contributed by atoms with Gasteiger partial charge in [0, 0.05) is 25.8 Å². The van der Waals surface area contributed by atoms with E-state index in [0.29, 0.717) is 12.0 Å². The fourth-order valence-electron chi connectivity index (χ4n) is 2.60. The molecule has 0 bridgehead atoms. The van der Waals surface area contributed by atoms with E-state index in [1.165, 1.54) is 0 Å². The molecule has 1 aliphatic rings. The molecule has 1 fully saturated rings. The van der Waals surface area contributed by atoms with Crippen molar-refractivity contribution in [3.63, 3.8) is 0 Å². The first-order valence-corrected chi connectivity index (χ1v) is 7.57. The van der Waals surface area contributed by atoms with Crippen LogP contribution < -0.4 is 5.32 Å². The van der Waals surface area contributed by atoms with Crippen LogP contribution >= 0.6 is 0 Å². The summed E-state index contributed by atoms with van der Waals surface area (Å²) in [4.78, 5) is 0. The van der Waals surface area contributed by atoms with E-state index in [1.54, 1.807) is 0 Å². The Labute approximate surface area is 113 Å². The average molecular weight is 257 g/mol. The van der Waals surface area contributed by atoms with Gasteiger partial charge in [-0.15, -0.1) is 0 Å². The molecule has 0 saturated carbocycles. The minimum Gasteiger partial charge on any atom is -0.380 e. The first kappa shape index (κ1) is 15.9. The van der Waals surface area contributed by atoms with Crippen molar-refractivity contribution in [1.82, 2.24) is 5.32 Å². The average Bonchev–Trinajstić information content (AvgIpc) is 2.38. The predicted molar refractivity (Wildman–Crippen MR) is 75.9 cm³/mol. The summed E-state index contributed by atoms with van der Waals surface area (Å²) in [6.45, 7) is 12.4. The molecule has 1 rings (SSSR count). The monoisotopic (exact) mass is 257 g/mol. The maximum atomic E-state index is 5.98. The Morgan fingerprint density at radius 2 is 2.06 bits per heavy atom. The predicted octanol–water partition coefficient (Wildman–Crippen LogP) is 2.99. The third-order valence-corrected chi connectivity index (χ3v) is 3.91. The van der Waals surface area contributed by atoms with Crippen LogP contribution in [0.1, 0.15) is 53.4 Å². The molecule has 0 aromatic heterocycles. The van der Waals surface area contributed by atoms with Gasteiger partial charge < -0.3 is 14.8 Å². The molecule has 0 aromatic carbocycles. The molecule has 0 radical (unpaired) electrons. The van der Waals surface area contributed by atoms with Crippen LogP contribution in [0.4, 0.5) is 0 Å². The van der Waals surface area contributed by atoms with E-state index in [-0.39, 0.29) is 5.60 Å². The van der Waals surface area contributed by atoms with Gasteiger partial charge in [0.15, 0.2) is 0 Å². The number of ether oxygens (including phenoxy) is 2. The Morgan fingerprint density at radius 1 is 1.33 bits per heavy atom. The van der Waals surface area contributed by atoms with Gasteiger partial charge >= 0.3 is 0 Å². The SMILES string of the molecule is CCC1(CC)CC(NCCOCC(C)C)CCO1. The van der Waals surface area contributed by atoms with E-state index >= 15 is 0 Å². The molecule has 0 amide bonds. The zero-order chi connectivity index (χ0) is 13.4. The Balaban J connectivity index is 2.18. The van der Waals surface area contributed by atoms with E-state index in [9.17, 15) is 0 Å². The molecular formula is C15H31NO2. The van der Waals surface area contributed by atoms with Gasteiger partial charge in [0.25, 0.3) is 0 Å². The highest BCUT2D eigenvalue weighted by Gasteiger charge is 2.33. The molecular weight excluding hydrogens is 226 g/mol. The Hall–Kier alpha value is -0.120. The summed E-state index contributed by atoms with van der Waals surface area (Å²) in [5.41, 5.74) is 0.120. The van der Waals surface area contributed by atoms with Gasteiger partial charge in [0.05, 0.1) is 12.2 Å². The van der Waals surface area contributed by atoms with Crippen molar-refractivity contribution in [2.45, 2.75) is 65.0 Å². The zero-order valence-corrected chi connectivity index (χ0v) is 12.6. The number of hydrogen-bond acceptors (Lipinski definition) is 3. The second-order valence-corrected chi connectivity index (χ2v) is 5.85. The summed E-state index contributed by atoms with van der Waals surface area (Å²) in [5, 5.41) is 3.61. The van der Waals surface area contributed by atoms with Crippen LogP contribution in [0, 0.1) is 5.92 Å². The number of nitrogens with one attached hydrogen (secondary N) is 1. The van der Waals surface area contributed by atoms with Gasteiger partial charge in [-0.1, -0.05) is 27.7 Å². The highest BCUT2D eigenvalue weighted by Crippen LogP contribution is 2.31. The second-order valence-electron chi connectivity index (χ2n) is 5.85. The lowest BCUT2D eigenvalue weighted by atomic mass is 9.86. The second kappa shape index (κ2) is 8.13. The molecule has 0 spiro atoms. The maximum absolute atomic E-state index is 5.98. The molecule has 108 valence electrons. The summed E-state index contributed by atoms with van der Waals surface area (Å²) in [6, 6.07) is 0.598. The lowest BCUT2D eigenvalue weighted by Gasteiger charge is -2.40. The Morgan fingerprint density at radius 3 is 2.67 bits per heavy atom. The fourth-order valence-corrected chi connectivity index (χ4v) is 2.60. The molecule has 0 aliphatic carbocycles. The fraction of sp³-hybridized carbons (Fsp3) is 1.00. The number of hydrogen-bond donors (Lipinski definition) is 1. The molecule has 3 nitrogen and oxygen atoms in total. The zero-order valence-electron chi connectivity index (χ0n) is 12.6. The van der Waals surface area contributed by atoms with Crippen LogP contribution in [0.15, 0.2) is 0 Å².